The summed E-state index contributed by atoms with van der Waals surface area (Å²) in [5, 5.41) is 4.81. The van der Waals surface area contributed by atoms with E-state index in [0.29, 0.717) is 0 Å². The van der Waals surface area contributed by atoms with E-state index in [1.165, 1.54) is 37.9 Å². The first-order valence-electron chi connectivity index (χ1n) is 7.50. The summed E-state index contributed by atoms with van der Waals surface area (Å²) in [6, 6.07) is 24.1. The number of hydrogen-bond donors (Lipinski definition) is 0. The third-order valence-electron chi connectivity index (χ3n) is 3.97. The van der Waals surface area contributed by atoms with Crippen molar-refractivity contribution in [2.75, 3.05) is 0 Å². The maximum absolute atomic E-state index is 4.93. The summed E-state index contributed by atoms with van der Waals surface area (Å²) >= 11 is 0.972. The Balaban J connectivity index is 0.000000526. The molecule has 3 aromatic carbocycles. The van der Waals surface area contributed by atoms with Crippen LogP contribution < -0.4 is 0 Å². The van der Waals surface area contributed by atoms with Crippen LogP contribution in [0.1, 0.15) is 5.56 Å². The summed E-state index contributed by atoms with van der Waals surface area (Å²) in [7, 11) is 9.87. The van der Waals surface area contributed by atoms with Gasteiger partial charge in [-0.05, 0) is 28.3 Å². The zero-order valence-electron chi connectivity index (χ0n) is 13.1. The van der Waals surface area contributed by atoms with Crippen molar-refractivity contribution in [3.8, 4) is 21.6 Å². The normalized spacial score (nSPS) is 10.3. The molecule has 0 N–H and O–H groups in total. The van der Waals surface area contributed by atoms with Crippen LogP contribution in [0.4, 0.5) is 0 Å². The number of rotatable bonds is 2. The van der Waals surface area contributed by atoms with Crippen molar-refractivity contribution in [1.29, 1.82) is 0 Å². The van der Waals surface area contributed by atoms with Crippen molar-refractivity contribution in [1.82, 2.24) is 0 Å². The van der Waals surface area contributed by atoms with Crippen LogP contribution in [0.2, 0.25) is 0 Å². The molecule has 4 aromatic rings. The van der Waals surface area contributed by atoms with Gasteiger partial charge in [0.25, 0.3) is 0 Å². The van der Waals surface area contributed by atoms with Gasteiger partial charge in [0.2, 0.25) is 0 Å². The van der Waals surface area contributed by atoms with Crippen LogP contribution in [0.5, 0.6) is 0 Å². The molecule has 0 spiro atoms. The SMILES string of the molecule is Cc1ccc2[cH-]c(-c3cccs3)cc2c1-c1ccccc1.[Cl][Zr][Cl]. The summed E-state index contributed by atoms with van der Waals surface area (Å²) in [5.41, 5.74) is 5.31. The fourth-order valence-electron chi connectivity index (χ4n) is 2.96. The van der Waals surface area contributed by atoms with Crippen LogP contribution in [-0.2, 0) is 20.8 Å². The van der Waals surface area contributed by atoms with Gasteiger partial charge in [0, 0.05) is 0 Å². The molecule has 0 saturated heterocycles. The number of hydrogen-bond acceptors (Lipinski definition) is 1. The van der Waals surface area contributed by atoms with Crippen LogP contribution in [-0.4, -0.2) is 0 Å². The van der Waals surface area contributed by atoms with E-state index in [1.807, 2.05) is 0 Å². The minimum absolute atomic E-state index is 0.826. The number of fused-ring (bicyclic) bond motifs is 1. The molecule has 0 unspecified atom stereocenters. The average molecular weight is 450 g/mol. The average Bonchev–Trinajstić information content (AvgIpc) is 3.25. The Morgan fingerprint density at radius 2 is 1.71 bits per heavy atom. The Bertz CT molecular complexity index is 912. The van der Waals surface area contributed by atoms with E-state index in [4.69, 9.17) is 17.0 Å². The zero-order chi connectivity index (χ0) is 16.9. The molecule has 4 heteroatoms. The summed E-state index contributed by atoms with van der Waals surface area (Å²) in [4.78, 5) is 1.34. The van der Waals surface area contributed by atoms with Gasteiger partial charge in [0.05, 0.1) is 0 Å². The topological polar surface area (TPSA) is 0 Å². The molecule has 0 aliphatic heterocycles. The number of aryl methyl sites for hydroxylation is 1. The Morgan fingerprint density at radius 1 is 0.958 bits per heavy atom. The van der Waals surface area contributed by atoms with Crippen LogP contribution in [0.15, 0.2) is 72.1 Å². The minimum atomic E-state index is -0.826. The molecule has 0 atom stereocenters. The maximum atomic E-state index is 4.93. The molecule has 4 rings (SSSR count). The Kier molecular flexibility index (Phi) is 6.41. The van der Waals surface area contributed by atoms with Crippen molar-refractivity contribution >= 4 is 39.1 Å². The number of thiophene rings is 1. The monoisotopic (exact) mass is 447 g/mol. The molecule has 0 radical (unpaired) electrons. The van der Waals surface area contributed by atoms with Gasteiger partial charge >= 0.3 is 37.9 Å². The van der Waals surface area contributed by atoms with Crippen LogP contribution in [0.25, 0.3) is 32.3 Å². The molecule has 0 fully saturated rings. The molecule has 24 heavy (non-hydrogen) atoms. The molecule has 0 aliphatic rings. The summed E-state index contributed by atoms with van der Waals surface area (Å²) in [5.74, 6) is 0. The third-order valence-corrected chi connectivity index (χ3v) is 4.89. The Hall–Kier alpha value is -0.787. The molecule has 1 heterocycles. The van der Waals surface area contributed by atoms with Crippen LogP contribution in [0.3, 0.4) is 0 Å². The van der Waals surface area contributed by atoms with Crippen molar-refractivity contribution in [2.45, 2.75) is 6.92 Å². The van der Waals surface area contributed by atoms with Gasteiger partial charge in [-0.2, -0.15) is 11.3 Å². The molecule has 1 aromatic heterocycles. The first kappa shape index (κ1) is 18.0. The number of benzene rings is 2. The first-order valence-corrected chi connectivity index (χ1v) is 14.7. The van der Waals surface area contributed by atoms with E-state index >= 15 is 0 Å². The van der Waals surface area contributed by atoms with E-state index in [9.17, 15) is 0 Å². The fourth-order valence-corrected chi connectivity index (χ4v) is 3.68. The Labute approximate surface area is 165 Å². The van der Waals surface area contributed by atoms with Gasteiger partial charge in [0.15, 0.2) is 0 Å². The van der Waals surface area contributed by atoms with Gasteiger partial charge in [-0.25, -0.2) is 0 Å². The van der Waals surface area contributed by atoms with Crippen molar-refractivity contribution in [3.05, 3.63) is 77.7 Å². The van der Waals surface area contributed by atoms with E-state index in [1.54, 1.807) is 11.3 Å². The van der Waals surface area contributed by atoms with Gasteiger partial charge in [-0.1, -0.05) is 54.1 Å². The predicted octanol–water partition coefficient (Wildman–Crippen LogP) is 7.64. The van der Waals surface area contributed by atoms with Gasteiger partial charge < -0.3 is 0 Å². The molecular formula is C20H15Cl2SZr-. The van der Waals surface area contributed by atoms with E-state index in [-0.39, 0.29) is 0 Å². The molecule has 0 aliphatic carbocycles. The third kappa shape index (κ3) is 3.89. The second-order valence-corrected chi connectivity index (χ2v) is 10.1. The molecule has 0 nitrogen and oxygen atoms in total. The number of halogens is 2. The van der Waals surface area contributed by atoms with E-state index < -0.39 is 20.8 Å². The standard InChI is InChI=1S/C20H15S.2ClH.Zr/c1-14-9-10-16-12-17(19-8-5-11-21-19)13-18(16)20(14)15-6-3-2-4-7-15;;;/h2-13H,1H3;2*1H;/q-1;;;+2/p-2. The van der Waals surface area contributed by atoms with Crippen LogP contribution >= 0.6 is 28.4 Å². The van der Waals surface area contributed by atoms with E-state index in [0.717, 1.165) is 0 Å². The van der Waals surface area contributed by atoms with Crippen molar-refractivity contribution < 1.29 is 20.8 Å². The van der Waals surface area contributed by atoms with Crippen molar-refractivity contribution in [2.24, 2.45) is 0 Å². The second-order valence-electron chi connectivity index (χ2n) is 5.42. The predicted molar refractivity (Wildman–Crippen MR) is 105 cm³/mol. The van der Waals surface area contributed by atoms with Crippen LogP contribution in [0, 0.1) is 6.92 Å². The molecule has 120 valence electrons. The molecular weight excluding hydrogens is 434 g/mol. The first-order chi connectivity index (χ1) is 11.7. The summed E-state index contributed by atoms with van der Waals surface area (Å²) < 4.78 is 0. The van der Waals surface area contributed by atoms with Gasteiger partial charge in [-0.3, -0.25) is 0 Å². The zero-order valence-corrected chi connectivity index (χ0v) is 17.9. The fraction of sp³-hybridized carbons (Fsp3) is 0.0500. The summed E-state index contributed by atoms with van der Waals surface area (Å²) in [6.07, 6.45) is 0. The second kappa shape index (κ2) is 8.54. The Morgan fingerprint density at radius 3 is 2.38 bits per heavy atom. The molecule has 0 amide bonds. The molecule has 0 saturated carbocycles. The van der Waals surface area contributed by atoms with E-state index in [2.05, 4.69) is 79.0 Å². The summed E-state index contributed by atoms with van der Waals surface area (Å²) in [6.45, 7) is 2.19. The quantitative estimate of drug-likeness (QED) is 0.276. The van der Waals surface area contributed by atoms with Gasteiger partial charge in [-0.15, -0.1) is 34.5 Å². The molecule has 0 bridgehead atoms. The van der Waals surface area contributed by atoms with Gasteiger partial charge in [0.1, 0.15) is 0 Å². The van der Waals surface area contributed by atoms with Crippen molar-refractivity contribution in [3.63, 3.8) is 0 Å².